The standard InChI is InChI=1S/C20H31N5O/c1-23-9-8-22-18(23)12-25(17-6-7-17)19(26)20-13-21-10-15(20)11-24(14-20)16-4-2-3-5-16/h8-9,15-17,21H,2-7,10-14H2,1H3/t15-,20-/m1/s1. The number of fused-ring (bicyclic) bond motifs is 1. The van der Waals surface area contributed by atoms with E-state index in [4.69, 9.17) is 0 Å². The topological polar surface area (TPSA) is 53.4 Å². The Bertz CT molecular complexity index is 677. The lowest BCUT2D eigenvalue weighted by Gasteiger charge is -2.34. The first-order chi connectivity index (χ1) is 12.7. The number of hydrogen-bond donors (Lipinski definition) is 1. The van der Waals surface area contributed by atoms with Gasteiger partial charge >= 0.3 is 0 Å². The van der Waals surface area contributed by atoms with Gasteiger partial charge < -0.3 is 14.8 Å². The highest BCUT2D eigenvalue weighted by molar-refractivity contribution is 5.85. The molecule has 4 aliphatic rings. The second kappa shape index (κ2) is 6.34. The molecule has 0 bridgehead atoms. The van der Waals surface area contributed by atoms with Crippen LogP contribution in [0.15, 0.2) is 12.4 Å². The Morgan fingerprint density at radius 1 is 1.35 bits per heavy atom. The first-order valence-electron chi connectivity index (χ1n) is 10.4. The number of nitrogens with one attached hydrogen (secondary N) is 1. The van der Waals surface area contributed by atoms with Crippen molar-refractivity contribution < 1.29 is 4.79 Å². The fourth-order valence-electron chi connectivity index (χ4n) is 5.55. The summed E-state index contributed by atoms with van der Waals surface area (Å²) < 4.78 is 2.05. The van der Waals surface area contributed by atoms with Crippen molar-refractivity contribution in [3.63, 3.8) is 0 Å². The van der Waals surface area contributed by atoms with Crippen molar-refractivity contribution in [3.8, 4) is 0 Å². The third-order valence-corrected chi connectivity index (χ3v) is 7.30. The highest BCUT2D eigenvalue weighted by atomic mass is 16.2. The molecule has 2 aliphatic carbocycles. The van der Waals surface area contributed by atoms with E-state index in [1.54, 1.807) is 0 Å². The number of aromatic nitrogens is 2. The van der Waals surface area contributed by atoms with E-state index in [1.165, 1.54) is 25.7 Å². The van der Waals surface area contributed by atoms with Gasteiger partial charge in [0, 0.05) is 63.6 Å². The van der Waals surface area contributed by atoms with Gasteiger partial charge in [-0.25, -0.2) is 4.98 Å². The van der Waals surface area contributed by atoms with Crippen LogP contribution in [0, 0.1) is 11.3 Å². The van der Waals surface area contributed by atoms with Crippen molar-refractivity contribution in [2.24, 2.45) is 18.4 Å². The van der Waals surface area contributed by atoms with Crippen LogP contribution < -0.4 is 5.32 Å². The molecule has 1 aromatic heterocycles. The SMILES string of the molecule is Cn1ccnc1CN(C(=O)[C@@]12CNC[C@@H]1CN(C1CCCC1)C2)C1CC1. The lowest BCUT2D eigenvalue weighted by Crippen LogP contribution is -2.50. The van der Waals surface area contributed by atoms with Crippen LogP contribution in [-0.2, 0) is 18.4 Å². The molecule has 2 atom stereocenters. The van der Waals surface area contributed by atoms with Gasteiger partial charge in [0.1, 0.15) is 5.82 Å². The highest BCUT2D eigenvalue weighted by Gasteiger charge is 2.58. The van der Waals surface area contributed by atoms with Crippen LogP contribution in [0.3, 0.4) is 0 Å². The van der Waals surface area contributed by atoms with Crippen LogP contribution >= 0.6 is 0 Å². The summed E-state index contributed by atoms with van der Waals surface area (Å²) in [6, 6.07) is 1.14. The monoisotopic (exact) mass is 357 g/mol. The summed E-state index contributed by atoms with van der Waals surface area (Å²) in [7, 11) is 2.02. The molecule has 0 radical (unpaired) electrons. The Morgan fingerprint density at radius 2 is 2.15 bits per heavy atom. The van der Waals surface area contributed by atoms with Crippen molar-refractivity contribution in [1.29, 1.82) is 0 Å². The first kappa shape index (κ1) is 16.8. The molecule has 1 amide bonds. The van der Waals surface area contributed by atoms with Gasteiger partial charge in [-0.1, -0.05) is 12.8 Å². The molecule has 2 saturated carbocycles. The fourth-order valence-corrected chi connectivity index (χ4v) is 5.55. The lowest BCUT2D eigenvalue weighted by molar-refractivity contribution is -0.143. The molecule has 0 spiro atoms. The van der Waals surface area contributed by atoms with Crippen LogP contribution in [0.1, 0.15) is 44.3 Å². The van der Waals surface area contributed by atoms with E-state index < -0.39 is 0 Å². The molecule has 142 valence electrons. The maximum atomic E-state index is 13.9. The van der Waals surface area contributed by atoms with E-state index in [2.05, 4.69) is 20.1 Å². The molecule has 0 aromatic carbocycles. The molecular formula is C20H31N5O. The second-order valence-corrected chi connectivity index (χ2v) is 8.97. The van der Waals surface area contributed by atoms with Crippen LogP contribution in [0.5, 0.6) is 0 Å². The minimum Gasteiger partial charge on any atom is -0.337 e. The summed E-state index contributed by atoms with van der Waals surface area (Å²) in [5.41, 5.74) is -0.212. The number of aryl methyl sites for hydroxylation is 1. The molecule has 0 unspecified atom stereocenters. The van der Waals surface area contributed by atoms with Gasteiger partial charge in [-0.05, 0) is 25.7 Å². The predicted octanol–water partition coefficient (Wildman–Crippen LogP) is 1.38. The Labute approximate surface area is 155 Å². The zero-order chi connectivity index (χ0) is 17.7. The minimum absolute atomic E-state index is 0.212. The predicted molar refractivity (Wildman–Crippen MR) is 99.4 cm³/mol. The number of imidazole rings is 1. The van der Waals surface area contributed by atoms with Crippen molar-refractivity contribution in [2.75, 3.05) is 26.2 Å². The Hall–Kier alpha value is -1.40. The molecule has 5 rings (SSSR count). The summed E-state index contributed by atoms with van der Waals surface area (Å²) in [5.74, 6) is 1.85. The van der Waals surface area contributed by atoms with Gasteiger partial charge in [0.25, 0.3) is 0 Å². The van der Waals surface area contributed by atoms with Gasteiger partial charge in [-0.2, -0.15) is 0 Å². The van der Waals surface area contributed by atoms with E-state index in [0.717, 1.165) is 44.8 Å². The van der Waals surface area contributed by atoms with Crippen LogP contribution in [0.25, 0.3) is 0 Å². The average molecular weight is 358 g/mol. The van der Waals surface area contributed by atoms with Crippen molar-refractivity contribution in [2.45, 2.75) is 57.2 Å². The third-order valence-electron chi connectivity index (χ3n) is 7.30. The molecule has 26 heavy (non-hydrogen) atoms. The third kappa shape index (κ3) is 2.69. The summed E-state index contributed by atoms with van der Waals surface area (Å²) in [5, 5.41) is 3.55. The van der Waals surface area contributed by atoms with Crippen molar-refractivity contribution in [3.05, 3.63) is 18.2 Å². The number of carbonyl (C=O) groups is 1. The molecule has 4 fully saturated rings. The molecule has 3 heterocycles. The van der Waals surface area contributed by atoms with E-state index >= 15 is 0 Å². The lowest BCUT2D eigenvalue weighted by atomic mass is 9.79. The van der Waals surface area contributed by atoms with Gasteiger partial charge in [-0.15, -0.1) is 0 Å². The normalized spacial score (nSPS) is 32.3. The number of amides is 1. The average Bonchev–Trinajstić information content (AvgIpc) is 3.01. The fraction of sp³-hybridized carbons (Fsp3) is 0.800. The zero-order valence-electron chi connectivity index (χ0n) is 15.9. The zero-order valence-corrected chi connectivity index (χ0v) is 15.9. The molecule has 6 heteroatoms. The summed E-state index contributed by atoms with van der Waals surface area (Å²) in [6.45, 7) is 4.56. The number of carbonyl (C=O) groups excluding carboxylic acids is 1. The molecule has 6 nitrogen and oxygen atoms in total. The quantitative estimate of drug-likeness (QED) is 0.865. The maximum absolute atomic E-state index is 13.9. The van der Waals surface area contributed by atoms with E-state index in [9.17, 15) is 4.79 Å². The van der Waals surface area contributed by atoms with Crippen molar-refractivity contribution in [1.82, 2.24) is 24.7 Å². The Kier molecular flexibility index (Phi) is 4.09. The Balaban J connectivity index is 1.38. The van der Waals surface area contributed by atoms with Gasteiger partial charge in [0.15, 0.2) is 0 Å². The van der Waals surface area contributed by atoms with E-state index in [1.807, 2.05) is 24.0 Å². The molecule has 1 N–H and O–H groups in total. The van der Waals surface area contributed by atoms with E-state index in [-0.39, 0.29) is 5.41 Å². The van der Waals surface area contributed by atoms with E-state index in [0.29, 0.717) is 30.5 Å². The number of rotatable bonds is 5. The molecular weight excluding hydrogens is 326 g/mol. The van der Waals surface area contributed by atoms with Crippen LogP contribution in [0.2, 0.25) is 0 Å². The van der Waals surface area contributed by atoms with Gasteiger partial charge in [0.2, 0.25) is 5.91 Å². The Morgan fingerprint density at radius 3 is 2.85 bits per heavy atom. The summed E-state index contributed by atoms with van der Waals surface area (Å²) in [4.78, 5) is 23.2. The number of nitrogens with zero attached hydrogens (tertiary/aromatic N) is 4. The maximum Gasteiger partial charge on any atom is 0.232 e. The molecule has 2 saturated heterocycles. The van der Waals surface area contributed by atoms with Crippen LogP contribution in [-0.4, -0.2) is 63.5 Å². The van der Waals surface area contributed by atoms with Crippen molar-refractivity contribution >= 4 is 5.91 Å². The largest absolute Gasteiger partial charge is 0.337 e. The second-order valence-electron chi connectivity index (χ2n) is 8.97. The summed E-state index contributed by atoms with van der Waals surface area (Å²) in [6.07, 6.45) is 11.5. The first-order valence-corrected chi connectivity index (χ1v) is 10.4. The summed E-state index contributed by atoms with van der Waals surface area (Å²) >= 11 is 0. The molecule has 2 aliphatic heterocycles. The highest BCUT2D eigenvalue weighted by Crippen LogP contribution is 2.45. The van der Waals surface area contributed by atoms with Gasteiger partial charge in [0.05, 0.1) is 12.0 Å². The molecule has 1 aromatic rings. The minimum atomic E-state index is -0.212. The smallest absolute Gasteiger partial charge is 0.232 e. The van der Waals surface area contributed by atoms with Gasteiger partial charge in [-0.3, -0.25) is 9.69 Å². The number of hydrogen-bond acceptors (Lipinski definition) is 4. The number of likely N-dealkylation sites (tertiary alicyclic amines) is 1. The van der Waals surface area contributed by atoms with Crippen LogP contribution in [0.4, 0.5) is 0 Å².